The Kier molecular flexibility index (Phi) is 5.95. The van der Waals surface area contributed by atoms with Crippen LogP contribution >= 0.6 is 23.2 Å². The van der Waals surface area contributed by atoms with E-state index in [9.17, 15) is 0 Å². The summed E-state index contributed by atoms with van der Waals surface area (Å²) in [6.45, 7) is 5.50. The van der Waals surface area contributed by atoms with Gasteiger partial charge in [0.25, 0.3) is 0 Å². The summed E-state index contributed by atoms with van der Waals surface area (Å²) in [6.07, 6.45) is 2.00. The molecule has 2 aromatic rings. The monoisotopic (exact) mass is 325 g/mol. The van der Waals surface area contributed by atoms with Crippen LogP contribution in [-0.4, -0.2) is 15.7 Å². The summed E-state index contributed by atoms with van der Waals surface area (Å²) in [5.41, 5.74) is 4.31. The van der Waals surface area contributed by atoms with Crippen LogP contribution in [0.5, 0.6) is 0 Å². The van der Waals surface area contributed by atoms with Crippen LogP contribution < -0.4 is 5.32 Å². The lowest BCUT2D eigenvalue weighted by Gasteiger charge is -2.10. The Morgan fingerprint density at radius 2 is 2.14 bits per heavy atom. The van der Waals surface area contributed by atoms with E-state index >= 15 is 0 Å². The molecule has 1 aromatic heterocycles. The van der Waals surface area contributed by atoms with Gasteiger partial charge in [0.1, 0.15) is 0 Å². The zero-order valence-electron chi connectivity index (χ0n) is 12.5. The van der Waals surface area contributed by atoms with Gasteiger partial charge in [-0.25, -0.2) is 0 Å². The first-order valence-corrected chi connectivity index (χ1v) is 8.17. The zero-order chi connectivity index (χ0) is 15.2. The maximum atomic E-state index is 6.32. The summed E-state index contributed by atoms with van der Waals surface area (Å²) in [6, 6.07) is 8.43. The van der Waals surface area contributed by atoms with Gasteiger partial charge < -0.3 is 5.32 Å². The number of rotatable bonds is 7. The molecule has 2 rings (SSSR count). The number of hydrogen-bond acceptors (Lipinski definition) is 2. The van der Waals surface area contributed by atoms with Gasteiger partial charge in [-0.15, -0.1) is 11.6 Å². The lowest BCUT2D eigenvalue weighted by atomic mass is 10.1. The van der Waals surface area contributed by atoms with Gasteiger partial charge in [-0.05, 0) is 44.4 Å². The molecule has 0 aliphatic rings. The highest BCUT2D eigenvalue weighted by Gasteiger charge is 2.11. The standard InChI is InChI=1S/C16H21Cl2N3/c1-3-21-15(16(18)12(2)20-21)11-19-14-8-4-6-13(10-14)7-5-9-17/h4,6,8,10,19H,3,5,7,9,11H2,1-2H3. The highest BCUT2D eigenvalue weighted by molar-refractivity contribution is 6.31. The normalized spacial score (nSPS) is 10.9. The van der Waals surface area contributed by atoms with Crippen LogP contribution in [0.2, 0.25) is 5.02 Å². The highest BCUT2D eigenvalue weighted by Crippen LogP contribution is 2.22. The van der Waals surface area contributed by atoms with Crippen molar-refractivity contribution in [3.05, 3.63) is 46.2 Å². The average Bonchev–Trinajstić information content (AvgIpc) is 2.78. The molecule has 1 N–H and O–H groups in total. The average molecular weight is 326 g/mol. The van der Waals surface area contributed by atoms with Gasteiger partial charge in [-0.3, -0.25) is 4.68 Å². The summed E-state index contributed by atoms with van der Waals surface area (Å²) < 4.78 is 1.95. The number of halogens is 2. The largest absolute Gasteiger partial charge is 0.379 e. The van der Waals surface area contributed by atoms with Gasteiger partial charge in [0.05, 0.1) is 23.0 Å². The van der Waals surface area contributed by atoms with Crippen molar-refractivity contribution in [3.8, 4) is 0 Å². The van der Waals surface area contributed by atoms with Gasteiger partial charge in [0.15, 0.2) is 0 Å². The molecule has 1 aromatic carbocycles. The Morgan fingerprint density at radius 1 is 1.33 bits per heavy atom. The third-order valence-electron chi connectivity index (χ3n) is 3.44. The molecule has 0 saturated heterocycles. The third kappa shape index (κ3) is 4.14. The van der Waals surface area contributed by atoms with Crippen molar-refractivity contribution in [3.63, 3.8) is 0 Å². The van der Waals surface area contributed by atoms with Crippen LogP contribution in [0.3, 0.4) is 0 Å². The van der Waals surface area contributed by atoms with Crippen molar-refractivity contribution >= 4 is 28.9 Å². The fraction of sp³-hybridized carbons (Fsp3) is 0.438. The van der Waals surface area contributed by atoms with Crippen LogP contribution in [-0.2, 0) is 19.5 Å². The fourth-order valence-corrected chi connectivity index (χ4v) is 2.67. The van der Waals surface area contributed by atoms with E-state index in [1.807, 2.05) is 11.6 Å². The molecular weight excluding hydrogens is 305 g/mol. The molecule has 0 aliphatic carbocycles. The lowest BCUT2D eigenvalue weighted by Crippen LogP contribution is -2.08. The molecular formula is C16H21Cl2N3. The number of nitrogens with one attached hydrogen (secondary N) is 1. The molecule has 0 amide bonds. The Hall–Kier alpha value is -1.19. The molecule has 1 heterocycles. The van der Waals surface area contributed by atoms with Gasteiger partial charge in [0.2, 0.25) is 0 Å². The van der Waals surface area contributed by atoms with Crippen LogP contribution in [0.1, 0.15) is 30.3 Å². The van der Waals surface area contributed by atoms with E-state index in [4.69, 9.17) is 23.2 Å². The molecule has 0 radical (unpaired) electrons. The first kappa shape index (κ1) is 16.2. The van der Waals surface area contributed by atoms with E-state index < -0.39 is 0 Å². The van der Waals surface area contributed by atoms with Crippen LogP contribution in [0.15, 0.2) is 24.3 Å². The van der Waals surface area contributed by atoms with Crippen molar-refractivity contribution < 1.29 is 0 Å². The fourth-order valence-electron chi connectivity index (χ4n) is 2.33. The predicted octanol–water partition coefficient (Wildman–Crippen LogP) is 4.65. The summed E-state index contributed by atoms with van der Waals surface area (Å²) in [5.74, 6) is 0.697. The number of anilines is 1. The quantitative estimate of drug-likeness (QED) is 0.751. The van der Waals surface area contributed by atoms with E-state index in [0.29, 0.717) is 12.4 Å². The SMILES string of the molecule is CCn1nc(C)c(Cl)c1CNc1cccc(CCCCl)c1. The molecule has 114 valence electrons. The van der Waals surface area contributed by atoms with Gasteiger partial charge in [-0.2, -0.15) is 5.10 Å². The summed E-state index contributed by atoms with van der Waals surface area (Å²) in [7, 11) is 0. The maximum Gasteiger partial charge on any atom is 0.0865 e. The van der Waals surface area contributed by atoms with Crippen molar-refractivity contribution in [2.75, 3.05) is 11.2 Å². The molecule has 0 spiro atoms. The van der Waals surface area contributed by atoms with Gasteiger partial charge in [-0.1, -0.05) is 23.7 Å². The van der Waals surface area contributed by atoms with E-state index in [1.165, 1.54) is 5.56 Å². The molecule has 0 aliphatic heterocycles. The summed E-state index contributed by atoms with van der Waals surface area (Å²) >= 11 is 12.1. The van der Waals surface area contributed by atoms with Crippen LogP contribution in [0.4, 0.5) is 5.69 Å². The maximum absolute atomic E-state index is 6.32. The Balaban J connectivity index is 2.06. The van der Waals surface area contributed by atoms with Crippen LogP contribution in [0.25, 0.3) is 0 Å². The second kappa shape index (κ2) is 7.71. The second-order valence-corrected chi connectivity index (χ2v) is 5.76. The van der Waals surface area contributed by atoms with Gasteiger partial charge >= 0.3 is 0 Å². The molecule has 3 nitrogen and oxygen atoms in total. The van der Waals surface area contributed by atoms with E-state index in [1.54, 1.807) is 0 Å². The minimum absolute atomic E-state index is 0.673. The molecule has 0 unspecified atom stereocenters. The topological polar surface area (TPSA) is 29.9 Å². The first-order chi connectivity index (χ1) is 10.2. The van der Waals surface area contributed by atoms with E-state index in [2.05, 4.69) is 41.6 Å². The molecule has 21 heavy (non-hydrogen) atoms. The van der Waals surface area contributed by atoms with Crippen molar-refractivity contribution in [1.82, 2.24) is 9.78 Å². The Bertz CT molecular complexity index is 593. The molecule has 0 bridgehead atoms. The van der Waals surface area contributed by atoms with Crippen LogP contribution in [0, 0.1) is 6.92 Å². The third-order valence-corrected chi connectivity index (χ3v) is 4.20. The Morgan fingerprint density at radius 3 is 2.86 bits per heavy atom. The number of alkyl halides is 1. The minimum Gasteiger partial charge on any atom is -0.379 e. The number of hydrogen-bond donors (Lipinski definition) is 1. The van der Waals surface area contributed by atoms with E-state index in [0.717, 1.165) is 41.5 Å². The molecule has 0 atom stereocenters. The Labute approximate surface area is 136 Å². The van der Waals surface area contributed by atoms with Crippen molar-refractivity contribution in [2.45, 2.75) is 39.8 Å². The van der Waals surface area contributed by atoms with Gasteiger partial charge in [0, 0.05) is 18.1 Å². The number of aromatic nitrogens is 2. The first-order valence-electron chi connectivity index (χ1n) is 7.26. The summed E-state index contributed by atoms with van der Waals surface area (Å²) in [5, 5.41) is 8.61. The molecule has 5 heteroatoms. The number of aryl methyl sites for hydroxylation is 3. The van der Waals surface area contributed by atoms with E-state index in [-0.39, 0.29) is 0 Å². The predicted molar refractivity (Wildman–Crippen MR) is 90.5 cm³/mol. The number of benzene rings is 1. The highest BCUT2D eigenvalue weighted by atomic mass is 35.5. The number of nitrogens with zero attached hydrogens (tertiary/aromatic N) is 2. The zero-order valence-corrected chi connectivity index (χ0v) is 14.0. The van der Waals surface area contributed by atoms with Crippen molar-refractivity contribution in [2.24, 2.45) is 0 Å². The minimum atomic E-state index is 0.673. The van der Waals surface area contributed by atoms with Crippen molar-refractivity contribution in [1.29, 1.82) is 0 Å². The smallest absolute Gasteiger partial charge is 0.0865 e. The summed E-state index contributed by atoms with van der Waals surface area (Å²) in [4.78, 5) is 0. The second-order valence-electron chi connectivity index (χ2n) is 5.01. The molecule has 0 saturated carbocycles. The lowest BCUT2D eigenvalue weighted by molar-refractivity contribution is 0.623. The molecule has 0 fully saturated rings.